The molecule has 1 atom stereocenters. The van der Waals surface area contributed by atoms with E-state index in [9.17, 15) is 8.42 Å². The van der Waals surface area contributed by atoms with E-state index in [-0.39, 0.29) is 6.04 Å². The summed E-state index contributed by atoms with van der Waals surface area (Å²) >= 11 is 4.62. The highest BCUT2D eigenvalue weighted by Gasteiger charge is 2.36. The van der Waals surface area contributed by atoms with Crippen LogP contribution >= 0.6 is 27.3 Å². The average molecular weight is 386 g/mol. The second kappa shape index (κ2) is 6.20. The van der Waals surface area contributed by atoms with Crippen molar-refractivity contribution >= 4 is 37.3 Å². The molecule has 0 bridgehead atoms. The molecule has 2 aromatic rings. The fourth-order valence-corrected chi connectivity index (χ4v) is 6.91. The maximum Gasteiger partial charge on any atom is 0.253 e. The summed E-state index contributed by atoms with van der Waals surface area (Å²) in [7, 11) is -3.39. The Kier molecular flexibility index (Phi) is 4.49. The number of nitrogens with zero attached hydrogens (tertiary/aromatic N) is 1. The van der Waals surface area contributed by atoms with Crippen LogP contribution in [0, 0.1) is 0 Å². The molecule has 1 unspecified atom stereocenters. The molecule has 1 aliphatic heterocycles. The second-order valence-electron chi connectivity index (χ2n) is 5.16. The molecular weight excluding hydrogens is 370 g/mol. The molecule has 0 saturated carbocycles. The number of rotatable bonds is 4. The van der Waals surface area contributed by atoms with Gasteiger partial charge in [-0.05, 0) is 52.2 Å². The van der Waals surface area contributed by atoms with Crippen LogP contribution in [-0.4, -0.2) is 25.3 Å². The summed E-state index contributed by atoms with van der Waals surface area (Å²) in [6.07, 6.45) is 2.64. The summed E-state index contributed by atoms with van der Waals surface area (Å²) in [6, 6.07) is 12.0. The van der Waals surface area contributed by atoms with Crippen molar-refractivity contribution in [2.45, 2.75) is 29.5 Å². The van der Waals surface area contributed by atoms with Crippen molar-refractivity contribution < 1.29 is 8.42 Å². The second-order valence-corrected chi connectivity index (χ2v) is 9.01. The summed E-state index contributed by atoms with van der Waals surface area (Å²) in [5.41, 5.74) is 1.19. The highest BCUT2D eigenvalue weighted by Crippen LogP contribution is 2.34. The largest absolute Gasteiger partial charge is 0.253 e. The molecule has 0 radical (unpaired) electrons. The minimum atomic E-state index is -3.39. The van der Waals surface area contributed by atoms with Crippen LogP contribution in [-0.2, 0) is 16.4 Å². The zero-order valence-corrected chi connectivity index (χ0v) is 14.6. The first-order valence-corrected chi connectivity index (χ1v) is 9.99. The molecule has 2 heterocycles. The molecule has 21 heavy (non-hydrogen) atoms. The van der Waals surface area contributed by atoms with E-state index in [0.29, 0.717) is 15.2 Å². The molecule has 0 spiro atoms. The Morgan fingerprint density at radius 1 is 1.24 bits per heavy atom. The van der Waals surface area contributed by atoms with Crippen molar-refractivity contribution in [2.24, 2.45) is 0 Å². The van der Waals surface area contributed by atoms with Crippen molar-refractivity contribution in [3.8, 4) is 0 Å². The Balaban J connectivity index is 1.86. The van der Waals surface area contributed by atoms with Gasteiger partial charge in [-0.25, -0.2) is 8.42 Å². The molecule has 3 rings (SSSR count). The number of hydrogen-bond donors (Lipinski definition) is 0. The smallest absolute Gasteiger partial charge is 0.206 e. The first-order chi connectivity index (χ1) is 10.1. The van der Waals surface area contributed by atoms with E-state index < -0.39 is 10.0 Å². The summed E-state index contributed by atoms with van der Waals surface area (Å²) < 4.78 is 28.4. The van der Waals surface area contributed by atoms with Crippen molar-refractivity contribution in [1.29, 1.82) is 0 Å². The van der Waals surface area contributed by atoms with Gasteiger partial charge in [0.2, 0.25) is 0 Å². The van der Waals surface area contributed by atoms with Crippen LogP contribution in [0.1, 0.15) is 18.4 Å². The third kappa shape index (κ3) is 3.08. The lowest BCUT2D eigenvalue weighted by atomic mass is 10.1. The number of benzene rings is 1. The molecule has 0 aliphatic carbocycles. The molecule has 1 aliphatic rings. The molecule has 3 nitrogen and oxygen atoms in total. The summed E-state index contributed by atoms with van der Waals surface area (Å²) in [5, 5.41) is 1.80. The Bertz CT molecular complexity index is 712. The van der Waals surface area contributed by atoms with E-state index in [4.69, 9.17) is 0 Å². The summed E-state index contributed by atoms with van der Waals surface area (Å²) in [5.74, 6) is 0. The third-order valence-corrected chi connectivity index (χ3v) is 8.36. The topological polar surface area (TPSA) is 37.4 Å². The monoisotopic (exact) mass is 385 g/mol. The van der Waals surface area contributed by atoms with E-state index in [1.165, 1.54) is 16.9 Å². The van der Waals surface area contributed by atoms with Gasteiger partial charge in [0.25, 0.3) is 10.0 Å². The standard InChI is InChI=1S/C15H16BrNO2S2/c16-14-8-10-20-15(14)21(18,19)17-9-4-7-13(17)11-12-5-2-1-3-6-12/h1-3,5-6,8,10,13H,4,7,9,11H2. The summed E-state index contributed by atoms with van der Waals surface area (Å²) in [4.78, 5) is 0. The maximum atomic E-state index is 12.8. The van der Waals surface area contributed by atoms with Gasteiger partial charge in [-0.2, -0.15) is 4.31 Å². The van der Waals surface area contributed by atoms with Crippen LogP contribution in [0.3, 0.4) is 0 Å². The van der Waals surface area contributed by atoms with Gasteiger partial charge in [-0.1, -0.05) is 30.3 Å². The van der Waals surface area contributed by atoms with Crippen molar-refractivity contribution in [2.75, 3.05) is 6.54 Å². The molecule has 1 aromatic carbocycles. The van der Waals surface area contributed by atoms with Crippen LogP contribution in [0.15, 0.2) is 50.5 Å². The maximum absolute atomic E-state index is 12.8. The molecule has 1 aromatic heterocycles. The Labute approximate surface area is 137 Å². The van der Waals surface area contributed by atoms with E-state index in [1.807, 2.05) is 18.2 Å². The molecular formula is C15H16BrNO2S2. The minimum Gasteiger partial charge on any atom is -0.206 e. The van der Waals surface area contributed by atoms with Crippen LogP contribution < -0.4 is 0 Å². The lowest BCUT2D eigenvalue weighted by Gasteiger charge is -2.23. The fraction of sp³-hybridized carbons (Fsp3) is 0.333. The van der Waals surface area contributed by atoms with E-state index in [2.05, 4.69) is 28.1 Å². The first-order valence-electron chi connectivity index (χ1n) is 6.88. The highest BCUT2D eigenvalue weighted by molar-refractivity contribution is 9.10. The van der Waals surface area contributed by atoms with Crippen LogP contribution in [0.4, 0.5) is 0 Å². The van der Waals surface area contributed by atoms with Gasteiger partial charge in [-0.3, -0.25) is 0 Å². The van der Waals surface area contributed by atoms with Gasteiger partial charge in [0, 0.05) is 17.1 Å². The van der Waals surface area contributed by atoms with Gasteiger partial charge in [0.05, 0.1) is 0 Å². The zero-order valence-electron chi connectivity index (χ0n) is 11.4. The van der Waals surface area contributed by atoms with Crippen molar-refractivity contribution in [3.63, 3.8) is 0 Å². The summed E-state index contributed by atoms with van der Waals surface area (Å²) in [6.45, 7) is 0.615. The van der Waals surface area contributed by atoms with Crippen LogP contribution in [0.25, 0.3) is 0 Å². The van der Waals surface area contributed by atoms with Gasteiger partial charge in [-0.15, -0.1) is 11.3 Å². The zero-order chi connectivity index (χ0) is 14.9. The molecule has 0 N–H and O–H groups in total. The normalized spacial score (nSPS) is 20.0. The highest BCUT2D eigenvalue weighted by atomic mass is 79.9. The number of thiophene rings is 1. The number of halogens is 1. The predicted molar refractivity (Wildman–Crippen MR) is 89.1 cm³/mol. The Morgan fingerprint density at radius 3 is 2.67 bits per heavy atom. The third-order valence-electron chi connectivity index (χ3n) is 3.76. The molecule has 1 saturated heterocycles. The van der Waals surface area contributed by atoms with Gasteiger partial charge in [0.15, 0.2) is 0 Å². The van der Waals surface area contributed by atoms with Gasteiger partial charge < -0.3 is 0 Å². The van der Waals surface area contributed by atoms with E-state index >= 15 is 0 Å². The van der Waals surface area contributed by atoms with E-state index in [1.54, 1.807) is 15.8 Å². The fourth-order valence-electron chi connectivity index (χ4n) is 2.79. The van der Waals surface area contributed by atoms with Gasteiger partial charge >= 0.3 is 0 Å². The van der Waals surface area contributed by atoms with Crippen molar-refractivity contribution in [3.05, 3.63) is 51.8 Å². The number of hydrogen-bond acceptors (Lipinski definition) is 3. The molecule has 6 heteroatoms. The van der Waals surface area contributed by atoms with E-state index in [0.717, 1.165) is 19.3 Å². The molecule has 1 fully saturated rings. The quantitative estimate of drug-likeness (QED) is 0.799. The predicted octanol–water partition coefficient (Wildman–Crippen LogP) is 3.91. The van der Waals surface area contributed by atoms with Crippen LogP contribution in [0.2, 0.25) is 0 Å². The SMILES string of the molecule is O=S(=O)(c1sccc1Br)N1CCCC1Cc1ccccc1. The molecule has 112 valence electrons. The lowest BCUT2D eigenvalue weighted by molar-refractivity contribution is 0.386. The minimum absolute atomic E-state index is 0.0615. The first kappa shape index (κ1) is 15.2. The van der Waals surface area contributed by atoms with Crippen LogP contribution in [0.5, 0.6) is 0 Å². The number of sulfonamides is 1. The Hall–Kier alpha value is -0.690. The van der Waals surface area contributed by atoms with Crippen molar-refractivity contribution in [1.82, 2.24) is 4.31 Å². The molecule has 0 amide bonds. The lowest BCUT2D eigenvalue weighted by Crippen LogP contribution is -2.36. The van der Waals surface area contributed by atoms with Gasteiger partial charge in [0.1, 0.15) is 4.21 Å². The Morgan fingerprint density at radius 2 is 2.00 bits per heavy atom. The average Bonchev–Trinajstić information content (AvgIpc) is 3.09.